The Labute approximate surface area is 252 Å². The molecule has 0 spiro atoms. The molecule has 2 heteroatoms. The molecule has 0 fully saturated rings. The van der Waals surface area contributed by atoms with Crippen LogP contribution in [0, 0.1) is 0 Å². The lowest BCUT2D eigenvalue weighted by Gasteiger charge is -2.20. The zero-order chi connectivity index (χ0) is 35.9. The number of para-hydroxylation sites is 3. The fourth-order valence-corrected chi connectivity index (χ4v) is 5.75. The molecular formula is C39H26N2. The van der Waals surface area contributed by atoms with Gasteiger partial charge < -0.3 is 0 Å². The molecule has 8 aromatic rings. The Balaban J connectivity index is 1.52. The molecule has 0 aliphatic heterocycles. The molecule has 0 atom stereocenters. The van der Waals surface area contributed by atoms with Crippen LogP contribution in [0.25, 0.3) is 71.9 Å². The van der Waals surface area contributed by atoms with E-state index in [1.54, 1.807) is 10.6 Å². The zero-order valence-electron chi connectivity index (χ0n) is 31.6. The highest BCUT2D eigenvalue weighted by Crippen LogP contribution is 2.46. The van der Waals surface area contributed by atoms with Crippen LogP contribution in [-0.4, -0.2) is 9.55 Å². The molecular weight excluding hydrogens is 496 g/mol. The smallest absolute Gasteiger partial charge is 0.146 e. The summed E-state index contributed by atoms with van der Waals surface area (Å²) in [5, 5.41) is 2.88. The number of aromatic nitrogens is 2. The third-order valence-electron chi connectivity index (χ3n) is 7.39. The van der Waals surface area contributed by atoms with Crippen molar-refractivity contribution in [1.29, 1.82) is 0 Å². The maximum absolute atomic E-state index is 8.87. The molecule has 7 aromatic carbocycles. The summed E-state index contributed by atoms with van der Waals surface area (Å²) in [4.78, 5) is 5.00. The number of imidazole rings is 1. The molecule has 0 saturated heterocycles. The van der Waals surface area contributed by atoms with Crippen molar-refractivity contribution in [1.82, 2.24) is 9.55 Å². The van der Waals surface area contributed by atoms with E-state index < -0.39 is 36.3 Å². The molecule has 0 aliphatic rings. The van der Waals surface area contributed by atoms with Gasteiger partial charge in [-0.3, -0.25) is 4.57 Å². The molecule has 0 N–H and O–H groups in total. The van der Waals surface area contributed by atoms with Gasteiger partial charge in [0.25, 0.3) is 0 Å². The van der Waals surface area contributed by atoms with Crippen molar-refractivity contribution in [2.45, 2.75) is 0 Å². The highest BCUT2D eigenvalue weighted by atomic mass is 15.1. The maximum Gasteiger partial charge on any atom is 0.146 e. The van der Waals surface area contributed by atoms with Gasteiger partial charge in [0.05, 0.1) is 24.7 Å². The van der Waals surface area contributed by atoms with Crippen LogP contribution in [0.15, 0.2) is 157 Å². The van der Waals surface area contributed by atoms with Gasteiger partial charge in [-0.2, -0.15) is 0 Å². The Kier molecular flexibility index (Phi) is 3.60. The average molecular weight is 533 g/mol. The highest BCUT2D eigenvalue weighted by Gasteiger charge is 2.21. The molecule has 0 aliphatic carbocycles. The predicted octanol–water partition coefficient (Wildman–Crippen LogP) is 10.3. The van der Waals surface area contributed by atoms with Gasteiger partial charge in [0.2, 0.25) is 0 Å². The normalized spacial score (nSPS) is 14.8. The molecule has 1 aromatic heterocycles. The molecule has 0 saturated carbocycles. The van der Waals surface area contributed by atoms with E-state index in [1.807, 2.05) is 91.0 Å². The summed E-state index contributed by atoms with van der Waals surface area (Å²) in [7, 11) is 0. The van der Waals surface area contributed by atoms with Crippen molar-refractivity contribution in [2.24, 2.45) is 0 Å². The van der Waals surface area contributed by atoms with Crippen molar-refractivity contribution in [3.8, 4) is 39.3 Å². The Hall–Kier alpha value is -5.47. The van der Waals surface area contributed by atoms with Crippen LogP contribution in [0.1, 0.15) is 13.7 Å². The number of hydrogen-bond acceptors (Lipinski definition) is 1. The second kappa shape index (κ2) is 9.62. The SMILES string of the molecule is [2H]c1c([2H])c([2H])c(-c2c3ccccc3c(-c3ccccc3-c3nc4ccccc4n3-c3c([2H])c([2H])c([2H])c([2H])c3[2H])c3ccccc23)c([2H])c1[2H]. The molecule has 192 valence electrons. The molecule has 41 heavy (non-hydrogen) atoms. The fraction of sp³-hybridized carbons (Fsp3) is 0. The van der Waals surface area contributed by atoms with E-state index in [0.29, 0.717) is 38.8 Å². The summed E-state index contributed by atoms with van der Waals surface area (Å²) in [5.41, 5.74) is 3.90. The summed E-state index contributed by atoms with van der Waals surface area (Å²) >= 11 is 0. The van der Waals surface area contributed by atoms with Crippen molar-refractivity contribution in [3.63, 3.8) is 0 Å². The predicted molar refractivity (Wildman–Crippen MR) is 172 cm³/mol. The van der Waals surface area contributed by atoms with Gasteiger partial charge >= 0.3 is 0 Å². The van der Waals surface area contributed by atoms with Crippen LogP contribution in [0.5, 0.6) is 0 Å². The molecule has 0 bridgehead atoms. The average Bonchev–Trinajstić information content (AvgIpc) is 3.53. The number of fused-ring (bicyclic) bond motifs is 3. The van der Waals surface area contributed by atoms with Gasteiger partial charge in [0.1, 0.15) is 5.82 Å². The van der Waals surface area contributed by atoms with Crippen LogP contribution in [0.4, 0.5) is 0 Å². The second-order valence-corrected chi connectivity index (χ2v) is 9.62. The number of hydrogen-bond donors (Lipinski definition) is 0. The molecule has 0 radical (unpaired) electrons. The number of benzene rings is 7. The van der Waals surface area contributed by atoms with Gasteiger partial charge in [0, 0.05) is 11.3 Å². The van der Waals surface area contributed by atoms with Gasteiger partial charge in [-0.15, -0.1) is 0 Å². The van der Waals surface area contributed by atoms with Crippen LogP contribution in [0.2, 0.25) is 0 Å². The van der Waals surface area contributed by atoms with E-state index in [2.05, 4.69) is 0 Å². The molecule has 0 amide bonds. The first-order valence-electron chi connectivity index (χ1n) is 18.2. The number of nitrogens with zero attached hydrogens (tertiary/aromatic N) is 2. The third kappa shape index (κ3) is 3.76. The van der Waals surface area contributed by atoms with E-state index in [1.165, 1.54) is 0 Å². The van der Waals surface area contributed by atoms with Crippen LogP contribution in [-0.2, 0) is 0 Å². The topological polar surface area (TPSA) is 17.8 Å². The minimum Gasteiger partial charge on any atom is -0.292 e. The first-order chi connectivity index (χ1) is 24.5. The third-order valence-corrected chi connectivity index (χ3v) is 7.39. The van der Waals surface area contributed by atoms with E-state index in [9.17, 15) is 0 Å². The Morgan fingerprint density at radius 2 is 1.00 bits per heavy atom. The maximum atomic E-state index is 8.87. The Morgan fingerprint density at radius 1 is 0.488 bits per heavy atom. The molecule has 1 heterocycles. The molecule has 8 rings (SSSR count). The van der Waals surface area contributed by atoms with Crippen LogP contribution < -0.4 is 0 Å². The van der Waals surface area contributed by atoms with Crippen molar-refractivity contribution in [2.75, 3.05) is 0 Å². The van der Waals surface area contributed by atoms with Crippen molar-refractivity contribution >= 4 is 32.6 Å². The van der Waals surface area contributed by atoms with E-state index in [0.717, 1.165) is 21.9 Å². The molecule has 0 unspecified atom stereocenters. The fourth-order valence-electron chi connectivity index (χ4n) is 5.75. The molecule has 2 nitrogen and oxygen atoms in total. The van der Waals surface area contributed by atoms with Crippen LogP contribution >= 0.6 is 0 Å². The van der Waals surface area contributed by atoms with Gasteiger partial charge in [-0.1, -0.05) is 133 Å². The minimum atomic E-state index is -0.489. The highest BCUT2D eigenvalue weighted by molar-refractivity contribution is 6.22. The summed E-state index contributed by atoms with van der Waals surface area (Å²) in [6.07, 6.45) is 0. The summed E-state index contributed by atoms with van der Waals surface area (Å²) < 4.78 is 87.2. The van der Waals surface area contributed by atoms with Crippen molar-refractivity contribution in [3.05, 3.63) is 157 Å². The standard InChI is InChI=1S/C39H26N2/c1-3-15-27(16-4-1)37-29-19-7-9-21-31(29)38(32-22-10-8-20-30(32)37)33-23-11-12-24-34(33)39-40-35-25-13-14-26-36(35)41(39)28-17-5-2-6-18-28/h1-26H/i1D,2D,3D,4D,5D,6D,15D,16D,17D,18D. The Morgan fingerprint density at radius 3 is 1.66 bits per heavy atom. The summed E-state index contributed by atoms with van der Waals surface area (Å²) in [6, 6.07) is 25.9. The van der Waals surface area contributed by atoms with E-state index in [4.69, 9.17) is 18.7 Å². The van der Waals surface area contributed by atoms with E-state index >= 15 is 0 Å². The quantitative estimate of drug-likeness (QED) is 0.206. The Bertz CT molecular complexity index is 2660. The second-order valence-electron chi connectivity index (χ2n) is 9.62. The van der Waals surface area contributed by atoms with Gasteiger partial charge in [-0.05, 0) is 68.0 Å². The lowest BCUT2D eigenvalue weighted by Crippen LogP contribution is -1.99. The number of rotatable bonds is 4. The zero-order valence-corrected chi connectivity index (χ0v) is 21.6. The lowest BCUT2D eigenvalue weighted by molar-refractivity contribution is 1.10. The van der Waals surface area contributed by atoms with Gasteiger partial charge in [-0.25, -0.2) is 4.98 Å². The van der Waals surface area contributed by atoms with E-state index in [-0.39, 0.29) is 35.4 Å². The minimum absolute atomic E-state index is 0.0224. The van der Waals surface area contributed by atoms with Crippen LogP contribution in [0.3, 0.4) is 0 Å². The summed E-state index contributed by atoms with van der Waals surface area (Å²) in [5.74, 6) is 0.369. The first kappa shape index (κ1) is 15.4. The van der Waals surface area contributed by atoms with Crippen molar-refractivity contribution < 1.29 is 13.7 Å². The first-order valence-corrected chi connectivity index (χ1v) is 13.2. The lowest BCUT2D eigenvalue weighted by atomic mass is 9.84. The largest absolute Gasteiger partial charge is 0.292 e. The monoisotopic (exact) mass is 532 g/mol. The summed E-state index contributed by atoms with van der Waals surface area (Å²) in [6.45, 7) is 0. The van der Waals surface area contributed by atoms with Gasteiger partial charge in [0.15, 0.2) is 0 Å².